The zero-order chi connectivity index (χ0) is 31.1. The molecule has 13 heteroatoms. The first-order chi connectivity index (χ1) is 21.1. The fourth-order valence-corrected chi connectivity index (χ4v) is 6.57. The first kappa shape index (κ1) is 29.8. The number of hydrogen-bond acceptors (Lipinski definition) is 7. The van der Waals surface area contributed by atoms with E-state index in [1.54, 1.807) is 55.9 Å². The van der Waals surface area contributed by atoms with Gasteiger partial charge in [-0.1, -0.05) is 29.8 Å². The van der Waals surface area contributed by atoms with Crippen molar-refractivity contribution in [3.05, 3.63) is 82.6 Å². The number of likely N-dealkylation sites (tertiary alicyclic amines) is 1. The van der Waals surface area contributed by atoms with Crippen LogP contribution in [0.4, 0.5) is 14.5 Å². The minimum absolute atomic E-state index is 0.0962. The monoisotopic (exact) mass is 636 g/mol. The number of carbonyl (C=O) groups excluding carboxylic acids is 2. The van der Waals surface area contributed by atoms with E-state index in [2.05, 4.69) is 20.4 Å². The molecular weight excluding hydrogens is 610 g/mol. The molecule has 0 radical (unpaired) electrons. The number of benzene rings is 2. The SMILES string of the molecule is Cc1ncc(-c2ccc3c(c2)c(C(C)O)nn3CC(=O)N2C[C@H](F)C[C@H]2C(=O)Nc2cccc(-c3sccc3Cl)c2F)cn1. The summed E-state index contributed by atoms with van der Waals surface area (Å²) in [6, 6.07) is 10.5. The van der Waals surface area contributed by atoms with Gasteiger partial charge in [-0.05, 0) is 49.1 Å². The van der Waals surface area contributed by atoms with Gasteiger partial charge in [0.15, 0.2) is 5.82 Å². The maximum absolute atomic E-state index is 15.4. The molecule has 0 bridgehead atoms. The van der Waals surface area contributed by atoms with E-state index in [1.165, 1.54) is 22.1 Å². The molecule has 1 saturated heterocycles. The largest absolute Gasteiger partial charge is 0.387 e. The number of nitrogens with zero attached hydrogens (tertiary/aromatic N) is 5. The van der Waals surface area contributed by atoms with E-state index >= 15 is 4.39 Å². The quantitative estimate of drug-likeness (QED) is 0.228. The lowest BCUT2D eigenvalue weighted by molar-refractivity contribution is -0.137. The van der Waals surface area contributed by atoms with E-state index < -0.39 is 35.9 Å². The summed E-state index contributed by atoms with van der Waals surface area (Å²) >= 11 is 7.45. The van der Waals surface area contributed by atoms with Crippen LogP contribution < -0.4 is 5.32 Å². The van der Waals surface area contributed by atoms with Crippen molar-refractivity contribution in [1.82, 2.24) is 24.6 Å². The van der Waals surface area contributed by atoms with Crippen molar-refractivity contribution in [2.24, 2.45) is 0 Å². The first-order valence-electron chi connectivity index (χ1n) is 13.8. The van der Waals surface area contributed by atoms with Gasteiger partial charge in [0.2, 0.25) is 11.8 Å². The van der Waals surface area contributed by atoms with Crippen molar-refractivity contribution in [2.45, 2.75) is 45.1 Å². The number of amides is 2. The number of aliphatic hydroxyl groups excluding tert-OH is 1. The summed E-state index contributed by atoms with van der Waals surface area (Å²) in [6.07, 6.45) is 0.803. The van der Waals surface area contributed by atoms with Crippen LogP contribution in [0.5, 0.6) is 0 Å². The number of rotatable bonds is 7. The zero-order valence-corrected chi connectivity index (χ0v) is 25.2. The van der Waals surface area contributed by atoms with E-state index in [-0.39, 0.29) is 30.8 Å². The van der Waals surface area contributed by atoms with Crippen molar-refractivity contribution < 1.29 is 23.5 Å². The normalized spacial score (nSPS) is 17.3. The summed E-state index contributed by atoms with van der Waals surface area (Å²) in [4.78, 5) is 37.0. The molecule has 9 nitrogen and oxygen atoms in total. The van der Waals surface area contributed by atoms with Gasteiger partial charge in [0.1, 0.15) is 24.6 Å². The Kier molecular flexibility index (Phi) is 8.14. The van der Waals surface area contributed by atoms with E-state index in [4.69, 9.17) is 11.6 Å². The molecule has 1 unspecified atom stereocenters. The third-order valence-corrected chi connectivity index (χ3v) is 8.94. The van der Waals surface area contributed by atoms with Crippen molar-refractivity contribution in [3.63, 3.8) is 0 Å². The molecule has 0 saturated carbocycles. The minimum atomic E-state index is -1.43. The van der Waals surface area contributed by atoms with Crippen molar-refractivity contribution in [3.8, 4) is 21.6 Å². The molecule has 44 heavy (non-hydrogen) atoms. The Morgan fingerprint density at radius 2 is 1.95 bits per heavy atom. The maximum Gasteiger partial charge on any atom is 0.247 e. The number of thiophene rings is 1. The van der Waals surface area contributed by atoms with Gasteiger partial charge in [-0.15, -0.1) is 11.3 Å². The molecule has 0 spiro atoms. The highest BCUT2D eigenvalue weighted by Gasteiger charge is 2.40. The smallest absolute Gasteiger partial charge is 0.247 e. The molecule has 2 N–H and O–H groups in total. The Labute approximate surface area is 260 Å². The number of aliphatic hydroxyl groups is 1. The minimum Gasteiger partial charge on any atom is -0.387 e. The van der Waals surface area contributed by atoms with E-state index in [1.807, 2.05) is 12.1 Å². The lowest BCUT2D eigenvalue weighted by atomic mass is 10.0. The number of halogens is 3. The topological polar surface area (TPSA) is 113 Å². The fourth-order valence-electron chi connectivity index (χ4n) is 5.39. The number of anilines is 1. The van der Waals surface area contributed by atoms with Gasteiger partial charge in [0.05, 0.1) is 39.4 Å². The van der Waals surface area contributed by atoms with Gasteiger partial charge >= 0.3 is 0 Å². The van der Waals surface area contributed by atoms with Crippen LogP contribution in [0.2, 0.25) is 5.02 Å². The second-order valence-electron chi connectivity index (χ2n) is 10.6. The summed E-state index contributed by atoms with van der Waals surface area (Å²) in [7, 11) is 0. The van der Waals surface area contributed by atoms with Crippen LogP contribution in [0.3, 0.4) is 0 Å². The summed E-state index contributed by atoms with van der Waals surface area (Å²) in [5.41, 5.74) is 2.65. The standard InChI is InChI=1S/C31H27ClF2N6O3S/c1-16(41)29-22-10-18(19-12-35-17(2)36-13-19)6-7-25(22)40(38-29)15-27(42)39-14-20(33)11-26(39)31(43)37-24-5-3-4-21(28(24)34)30-23(32)8-9-44-30/h3-10,12-13,16,20,26,41H,11,14-15H2,1-2H3,(H,37,43)/t16?,20-,26+/m1/s1. The van der Waals surface area contributed by atoms with Gasteiger partial charge in [0, 0.05) is 35.3 Å². The Balaban J connectivity index is 1.24. The molecule has 3 aromatic heterocycles. The van der Waals surface area contributed by atoms with Gasteiger partial charge < -0.3 is 15.3 Å². The van der Waals surface area contributed by atoms with E-state index in [9.17, 15) is 19.1 Å². The Bertz CT molecular complexity index is 1880. The molecular formula is C31H27ClF2N6O3S. The lowest BCUT2D eigenvalue weighted by Gasteiger charge is -2.24. The highest BCUT2D eigenvalue weighted by Crippen LogP contribution is 2.37. The molecule has 3 atom stereocenters. The molecule has 226 valence electrons. The number of alkyl halides is 1. The van der Waals surface area contributed by atoms with E-state index in [0.717, 1.165) is 16.0 Å². The molecule has 1 aliphatic rings. The third-order valence-electron chi connectivity index (χ3n) is 7.57. The number of fused-ring (bicyclic) bond motifs is 1. The highest BCUT2D eigenvalue weighted by molar-refractivity contribution is 7.14. The molecule has 5 aromatic rings. The highest BCUT2D eigenvalue weighted by atomic mass is 35.5. The van der Waals surface area contributed by atoms with Crippen molar-refractivity contribution in [1.29, 1.82) is 0 Å². The molecule has 2 amide bonds. The van der Waals surface area contributed by atoms with Gasteiger partial charge in [-0.25, -0.2) is 18.7 Å². The van der Waals surface area contributed by atoms with Crippen LogP contribution in [0.25, 0.3) is 32.5 Å². The summed E-state index contributed by atoms with van der Waals surface area (Å²) in [5, 5.41) is 20.2. The number of carbonyl (C=O) groups is 2. The molecule has 4 heterocycles. The van der Waals surface area contributed by atoms with Crippen LogP contribution in [-0.2, 0) is 16.1 Å². The Hall–Kier alpha value is -4.26. The van der Waals surface area contributed by atoms with Gasteiger partial charge in [-0.3, -0.25) is 14.3 Å². The summed E-state index contributed by atoms with van der Waals surface area (Å²) in [5.74, 6) is -1.28. The molecule has 1 aliphatic heterocycles. The third kappa shape index (κ3) is 5.68. The molecule has 2 aromatic carbocycles. The number of hydrogen-bond donors (Lipinski definition) is 2. The average molecular weight is 637 g/mol. The van der Waals surface area contributed by atoms with Crippen LogP contribution in [0.15, 0.2) is 60.2 Å². The Morgan fingerprint density at radius 1 is 1.18 bits per heavy atom. The Morgan fingerprint density at radius 3 is 2.66 bits per heavy atom. The number of aryl methyl sites for hydroxylation is 1. The van der Waals surface area contributed by atoms with Crippen LogP contribution in [0, 0.1) is 12.7 Å². The maximum atomic E-state index is 15.4. The number of aromatic nitrogens is 4. The van der Waals surface area contributed by atoms with Gasteiger partial charge in [-0.2, -0.15) is 5.10 Å². The molecule has 6 rings (SSSR count). The van der Waals surface area contributed by atoms with Crippen LogP contribution in [0.1, 0.15) is 31.0 Å². The average Bonchev–Trinajstić information content (AvgIpc) is 3.71. The van der Waals surface area contributed by atoms with Gasteiger partial charge in [0.25, 0.3) is 0 Å². The van der Waals surface area contributed by atoms with Crippen LogP contribution >= 0.6 is 22.9 Å². The summed E-state index contributed by atoms with van der Waals surface area (Å²) in [6.45, 7) is 2.78. The second-order valence-corrected chi connectivity index (χ2v) is 11.9. The first-order valence-corrected chi connectivity index (χ1v) is 15.1. The second kappa shape index (κ2) is 12.0. The predicted molar refractivity (Wildman–Crippen MR) is 164 cm³/mol. The van der Waals surface area contributed by atoms with Crippen LogP contribution in [-0.4, -0.2) is 60.3 Å². The number of nitrogens with one attached hydrogen (secondary N) is 1. The predicted octanol–water partition coefficient (Wildman–Crippen LogP) is 5.95. The zero-order valence-electron chi connectivity index (χ0n) is 23.7. The molecule has 1 fully saturated rings. The summed E-state index contributed by atoms with van der Waals surface area (Å²) < 4.78 is 31.5. The molecule has 0 aliphatic carbocycles. The van der Waals surface area contributed by atoms with Crippen molar-refractivity contribution in [2.75, 3.05) is 11.9 Å². The fraction of sp³-hybridized carbons (Fsp3) is 0.258. The van der Waals surface area contributed by atoms with E-state index in [0.29, 0.717) is 32.3 Å². The lowest BCUT2D eigenvalue weighted by Crippen LogP contribution is -2.44. The van der Waals surface area contributed by atoms with Crippen molar-refractivity contribution >= 4 is 51.3 Å².